The van der Waals surface area contributed by atoms with Crippen molar-refractivity contribution in [1.82, 2.24) is 20.0 Å². The molecule has 2 saturated heterocycles. The summed E-state index contributed by atoms with van der Waals surface area (Å²) < 4.78 is 0. The third-order valence-electron chi connectivity index (χ3n) is 7.08. The molecule has 1 saturated carbocycles. The minimum Gasteiger partial charge on any atom is -0.356 e. The summed E-state index contributed by atoms with van der Waals surface area (Å²) in [6.07, 6.45) is 5.98. The van der Waals surface area contributed by atoms with E-state index in [1.165, 1.54) is 12.8 Å². The average Bonchev–Trinajstić information content (AvgIpc) is 2.69. The van der Waals surface area contributed by atoms with Crippen molar-refractivity contribution in [3.05, 3.63) is 0 Å². The smallest absolute Gasteiger partial charge is 0.223 e. The molecule has 0 atom stereocenters. The van der Waals surface area contributed by atoms with Gasteiger partial charge in [0.05, 0.1) is 0 Å². The summed E-state index contributed by atoms with van der Waals surface area (Å²) in [5, 5.41) is 3.03. The molecule has 2 aliphatic heterocycles. The van der Waals surface area contributed by atoms with Gasteiger partial charge in [0, 0.05) is 65.2 Å². The zero-order chi connectivity index (χ0) is 19.3. The Morgan fingerprint density at radius 3 is 2.19 bits per heavy atom. The number of likely N-dealkylation sites (tertiary alicyclic amines) is 1. The van der Waals surface area contributed by atoms with Gasteiger partial charge in [-0.05, 0) is 43.6 Å². The van der Waals surface area contributed by atoms with Gasteiger partial charge in [-0.25, -0.2) is 0 Å². The van der Waals surface area contributed by atoms with Gasteiger partial charge in [-0.15, -0.1) is 0 Å². The molecule has 1 aliphatic carbocycles. The fraction of sp³-hybridized carbons (Fsp3) is 0.905. The van der Waals surface area contributed by atoms with Crippen molar-refractivity contribution >= 4 is 11.8 Å². The molecule has 0 bridgehead atoms. The van der Waals surface area contributed by atoms with Gasteiger partial charge in [0.1, 0.15) is 0 Å². The first-order valence-electron chi connectivity index (χ1n) is 11.0. The lowest BCUT2D eigenvalue weighted by atomic mass is 9.57. The number of amides is 2. The van der Waals surface area contributed by atoms with Crippen molar-refractivity contribution < 1.29 is 9.59 Å². The molecule has 6 nitrogen and oxygen atoms in total. The van der Waals surface area contributed by atoms with Crippen LogP contribution in [0.4, 0.5) is 0 Å². The Morgan fingerprint density at radius 1 is 0.963 bits per heavy atom. The zero-order valence-corrected chi connectivity index (χ0v) is 17.3. The van der Waals surface area contributed by atoms with Gasteiger partial charge in [0.15, 0.2) is 0 Å². The fourth-order valence-electron chi connectivity index (χ4n) is 5.07. The van der Waals surface area contributed by atoms with Crippen LogP contribution in [0.25, 0.3) is 0 Å². The second-order valence-electron chi connectivity index (χ2n) is 8.84. The van der Waals surface area contributed by atoms with Crippen LogP contribution in [0.1, 0.15) is 52.4 Å². The number of piperazine rings is 1. The standard InChI is InChI=1S/C21H38N4O2/c1-3-19(26)22-17-18-15-21(16-18)6-9-25(10-7-21)20(27)5-8-24-13-11-23(4-2)12-14-24/h18H,3-17H2,1-2H3,(H,22,26). The van der Waals surface area contributed by atoms with Crippen molar-refractivity contribution in [1.29, 1.82) is 0 Å². The van der Waals surface area contributed by atoms with E-state index in [0.29, 0.717) is 30.1 Å². The predicted molar refractivity (Wildman–Crippen MR) is 107 cm³/mol. The largest absolute Gasteiger partial charge is 0.356 e. The van der Waals surface area contributed by atoms with E-state index >= 15 is 0 Å². The highest BCUT2D eigenvalue weighted by atomic mass is 16.2. The molecule has 3 aliphatic rings. The summed E-state index contributed by atoms with van der Waals surface area (Å²) in [5.41, 5.74) is 0.453. The second kappa shape index (κ2) is 9.37. The van der Waals surface area contributed by atoms with Gasteiger partial charge in [-0.1, -0.05) is 13.8 Å². The van der Waals surface area contributed by atoms with Crippen LogP contribution in [0.2, 0.25) is 0 Å². The van der Waals surface area contributed by atoms with Crippen LogP contribution in [0, 0.1) is 11.3 Å². The van der Waals surface area contributed by atoms with Gasteiger partial charge < -0.3 is 20.0 Å². The van der Waals surface area contributed by atoms with Gasteiger partial charge >= 0.3 is 0 Å². The SMILES string of the molecule is CCC(=O)NCC1CC2(CCN(C(=O)CCN3CCN(CC)CC3)CC2)C1. The zero-order valence-electron chi connectivity index (χ0n) is 17.3. The van der Waals surface area contributed by atoms with E-state index in [2.05, 4.69) is 26.9 Å². The third-order valence-corrected chi connectivity index (χ3v) is 7.08. The normalized spacial score (nSPS) is 24.0. The lowest BCUT2D eigenvalue weighted by Crippen LogP contribution is -2.51. The highest BCUT2D eigenvalue weighted by Gasteiger charge is 2.46. The molecule has 1 N–H and O–H groups in total. The lowest BCUT2D eigenvalue weighted by Gasteiger charge is -2.52. The molecule has 0 radical (unpaired) electrons. The Morgan fingerprint density at radius 2 is 1.59 bits per heavy atom. The van der Waals surface area contributed by atoms with E-state index in [1.807, 2.05) is 6.92 Å². The van der Waals surface area contributed by atoms with E-state index in [1.54, 1.807) is 0 Å². The monoisotopic (exact) mass is 378 g/mol. The molecule has 0 unspecified atom stereocenters. The van der Waals surface area contributed by atoms with E-state index in [-0.39, 0.29) is 5.91 Å². The van der Waals surface area contributed by atoms with Crippen LogP contribution < -0.4 is 5.32 Å². The maximum Gasteiger partial charge on any atom is 0.223 e. The quantitative estimate of drug-likeness (QED) is 0.730. The first-order valence-corrected chi connectivity index (χ1v) is 11.0. The van der Waals surface area contributed by atoms with Gasteiger partial charge in [-0.2, -0.15) is 0 Å². The van der Waals surface area contributed by atoms with E-state index < -0.39 is 0 Å². The number of likely N-dealkylation sites (N-methyl/N-ethyl adjacent to an activating group) is 1. The number of carbonyl (C=O) groups is 2. The summed E-state index contributed by atoms with van der Waals surface area (Å²) in [6.45, 7) is 13.3. The number of nitrogens with one attached hydrogen (secondary N) is 1. The number of carbonyl (C=O) groups excluding carboxylic acids is 2. The lowest BCUT2D eigenvalue weighted by molar-refractivity contribution is -0.136. The maximum atomic E-state index is 12.6. The molecule has 3 rings (SSSR count). The summed E-state index contributed by atoms with van der Waals surface area (Å²) in [7, 11) is 0. The van der Waals surface area contributed by atoms with Gasteiger partial charge in [0.25, 0.3) is 0 Å². The van der Waals surface area contributed by atoms with Gasteiger partial charge in [0.2, 0.25) is 11.8 Å². The molecule has 154 valence electrons. The van der Waals surface area contributed by atoms with Crippen LogP contribution >= 0.6 is 0 Å². The first-order chi connectivity index (χ1) is 13.0. The Labute approximate surface area is 164 Å². The number of rotatable bonds is 7. The minimum atomic E-state index is 0.160. The molecule has 1 spiro atoms. The van der Waals surface area contributed by atoms with Crippen LogP contribution in [0.15, 0.2) is 0 Å². The molecule has 6 heteroatoms. The number of piperidine rings is 1. The maximum absolute atomic E-state index is 12.6. The van der Waals surface area contributed by atoms with Crippen molar-refractivity contribution in [2.75, 3.05) is 58.9 Å². The molecular weight excluding hydrogens is 340 g/mol. The number of hydrogen-bond acceptors (Lipinski definition) is 4. The molecule has 2 amide bonds. The Hall–Kier alpha value is -1.14. The molecule has 0 aromatic carbocycles. The van der Waals surface area contributed by atoms with Crippen molar-refractivity contribution in [2.24, 2.45) is 11.3 Å². The highest BCUT2D eigenvalue weighted by molar-refractivity contribution is 5.76. The topological polar surface area (TPSA) is 55.9 Å². The van der Waals surface area contributed by atoms with Crippen LogP contribution in [0.5, 0.6) is 0 Å². The van der Waals surface area contributed by atoms with E-state index in [4.69, 9.17) is 0 Å². The summed E-state index contributed by atoms with van der Waals surface area (Å²) in [5.74, 6) is 1.14. The number of nitrogens with zero attached hydrogens (tertiary/aromatic N) is 3. The molecule has 27 heavy (non-hydrogen) atoms. The first kappa shape index (κ1) is 20.6. The average molecular weight is 379 g/mol. The fourth-order valence-corrected chi connectivity index (χ4v) is 5.07. The van der Waals surface area contributed by atoms with E-state index in [9.17, 15) is 9.59 Å². The summed E-state index contributed by atoms with van der Waals surface area (Å²) in [4.78, 5) is 31.0. The third kappa shape index (κ3) is 5.44. The Balaban J connectivity index is 1.30. The van der Waals surface area contributed by atoms with E-state index in [0.717, 1.165) is 71.7 Å². The molecular formula is C21H38N4O2. The Bertz CT molecular complexity index is 500. The summed E-state index contributed by atoms with van der Waals surface area (Å²) >= 11 is 0. The molecule has 0 aromatic heterocycles. The van der Waals surface area contributed by atoms with Crippen molar-refractivity contribution in [3.63, 3.8) is 0 Å². The number of hydrogen-bond donors (Lipinski definition) is 1. The summed E-state index contributed by atoms with van der Waals surface area (Å²) in [6, 6.07) is 0. The van der Waals surface area contributed by atoms with Crippen LogP contribution in [-0.4, -0.2) is 85.4 Å². The molecule has 3 fully saturated rings. The van der Waals surface area contributed by atoms with Crippen molar-refractivity contribution in [2.45, 2.75) is 52.4 Å². The van der Waals surface area contributed by atoms with Crippen LogP contribution in [-0.2, 0) is 9.59 Å². The van der Waals surface area contributed by atoms with Crippen LogP contribution in [0.3, 0.4) is 0 Å². The minimum absolute atomic E-state index is 0.160. The highest BCUT2D eigenvalue weighted by Crippen LogP contribution is 2.52. The molecule has 2 heterocycles. The predicted octanol–water partition coefficient (Wildman–Crippen LogP) is 1.56. The second-order valence-corrected chi connectivity index (χ2v) is 8.84. The van der Waals surface area contributed by atoms with Crippen molar-refractivity contribution in [3.8, 4) is 0 Å². The van der Waals surface area contributed by atoms with Gasteiger partial charge in [-0.3, -0.25) is 9.59 Å². The molecule has 0 aromatic rings. The Kier molecular flexibility index (Phi) is 7.15.